The van der Waals surface area contributed by atoms with Crippen molar-refractivity contribution in [3.05, 3.63) is 45.3 Å². The predicted molar refractivity (Wildman–Crippen MR) is 77.1 cm³/mol. The van der Waals surface area contributed by atoms with Crippen molar-refractivity contribution in [2.45, 2.75) is 20.4 Å². The lowest BCUT2D eigenvalue weighted by Crippen LogP contribution is -2.21. The van der Waals surface area contributed by atoms with Crippen LogP contribution in [-0.4, -0.2) is 23.1 Å². The van der Waals surface area contributed by atoms with Gasteiger partial charge in [-0.15, -0.1) is 11.3 Å². The van der Waals surface area contributed by atoms with Gasteiger partial charge in [0.15, 0.2) is 0 Å². The molecule has 0 bridgehead atoms. The number of rotatable bonds is 4. The molecule has 100 valence electrons. The zero-order valence-electron chi connectivity index (χ0n) is 11.2. The average molecular weight is 276 g/mol. The van der Waals surface area contributed by atoms with Crippen LogP contribution in [0.5, 0.6) is 0 Å². The van der Waals surface area contributed by atoms with E-state index in [-0.39, 0.29) is 5.56 Å². The second-order valence-corrected chi connectivity index (χ2v) is 5.55. The number of anilines is 1. The van der Waals surface area contributed by atoms with Gasteiger partial charge in [0, 0.05) is 17.6 Å². The predicted octanol–water partition coefficient (Wildman–Crippen LogP) is 3.09. The molecule has 0 fully saturated rings. The number of carboxylic acids is 1. The Morgan fingerprint density at radius 1 is 1.47 bits per heavy atom. The molecule has 0 spiro atoms. The van der Waals surface area contributed by atoms with Crippen molar-refractivity contribution in [1.82, 2.24) is 4.98 Å². The molecular weight excluding hydrogens is 260 g/mol. The Bertz CT molecular complexity index is 594. The molecule has 5 heteroatoms. The number of hydrogen-bond donors (Lipinski definition) is 1. The summed E-state index contributed by atoms with van der Waals surface area (Å²) in [5.74, 6) is -0.406. The van der Waals surface area contributed by atoms with E-state index >= 15 is 0 Å². The highest BCUT2D eigenvalue weighted by Gasteiger charge is 2.19. The van der Waals surface area contributed by atoms with Crippen LogP contribution in [0.4, 0.5) is 5.82 Å². The van der Waals surface area contributed by atoms with Crippen molar-refractivity contribution >= 4 is 23.1 Å². The number of thiophene rings is 1. The summed E-state index contributed by atoms with van der Waals surface area (Å²) in [7, 11) is 1.87. The van der Waals surface area contributed by atoms with Crippen molar-refractivity contribution < 1.29 is 9.90 Å². The molecule has 19 heavy (non-hydrogen) atoms. The van der Waals surface area contributed by atoms with Crippen molar-refractivity contribution in [2.75, 3.05) is 11.9 Å². The molecule has 0 aliphatic carbocycles. The van der Waals surface area contributed by atoms with E-state index in [1.54, 1.807) is 24.3 Å². The number of hydrogen-bond acceptors (Lipinski definition) is 4. The van der Waals surface area contributed by atoms with Crippen molar-refractivity contribution in [2.24, 2.45) is 0 Å². The van der Waals surface area contributed by atoms with Crippen LogP contribution in [0.15, 0.2) is 23.6 Å². The lowest BCUT2D eigenvalue weighted by Gasteiger charge is -2.21. The van der Waals surface area contributed by atoms with Gasteiger partial charge in [-0.25, -0.2) is 9.78 Å². The maximum absolute atomic E-state index is 11.4. The van der Waals surface area contributed by atoms with Crippen LogP contribution in [0, 0.1) is 13.8 Å². The molecule has 2 rings (SSSR count). The van der Waals surface area contributed by atoms with Gasteiger partial charge >= 0.3 is 5.97 Å². The second-order valence-electron chi connectivity index (χ2n) is 4.52. The molecule has 2 aromatic rings. The number of carbonyl (C=O) groups is 1. The topological polar surface area (TPSA) is 53.4 Å². The molecule has 2 heterocycles. The van der Waals surface area contributed by atoms with Crippen LogP contribution in [0.25, 0.3) is 0 Å². The molecule has 0 saturated heterocycles. The van der Waals surface area contributed by atoms with E-state index in [0.29, 0.717) is 12.4 Å². The zero-order chi connectivity index (χ0) is 14.0. The monoisotopic (exact) mass is 276 g/mol. The fourth-order valence-corrected chi connectivity index (χ4v) is 2.83. The zero-order valence-corrected chi connectivity index (χ0v) is 12.0. The van der Waals surface area contributed by atoms with Gasteiger partial charge in [0.05, 0.1) is 6.54 Å². The number of aromatic nitrogens is 1. The fraction of sp³-hybridized carbons (Fsp3) is 0.286. The summed E-state index contributed by atoms with van der Waals surface area (Å²) in [5, 5.41) is 11.4. The van der Waals surface area contributed by atoms with E-state index in [9.17, 15) is 9.90 Å². The van der Waals surface area contributed by atoms with E-state index < -0.39 is 5.97 Å². The lowest BCUT2D eigenvalue weighted by atomic mass is 10.1. The van der Waals surface area contributed by atoms with Gasteiger partial charge in [-0.1, -0.05) is 6.07 Å². The summed E-state index contributed by atoms with van der Waals surface area (Å²) < 4.78 is 0. The van der Waals surface area contributed by atoms with Crippen LogP contribution in [0.3, 0.4) is 0 Å². The Hall–Kier alpha value is -1.88. The second kappa shape index (κ2) is 5.40. The Labute approximate surface area is 116 Å². The van der Waals surface area contributed by atoms with Crippen LogP contribution in [0.2, 0.25) is 0 Å². The molecular formula is C14H16N2O2S. The number of pyridine rings is 1. The maximum atomic E-state index is 11.4. The average Bonchev–Trinajstić information content (AvgIpc) is 2.79. The third-order valence-corrected chi connectivity index (χ3v) is 3.74. The van der Waals surface area contributed by atoms with Gasteiger partial charge in [0.1, 0.15) is 11.4 Å². The highest BCUT2D eigenvalue weighted by molar-refractivity contribution is 7.09. The SMILES string of the molecule is Cc1cc(C)c(C(=O)O)c(N(C)Cc2cccs2)n1. The minimum atomic E-state index is -0.932. The highest BCUT2D eigenvalue weighted by atomic mass is 32.1. The molecule has 0 aliphatic heterocycles. The molecule has 1 N–H and O–H groups in total. The molecule has 0 aliphatic rings. The first-order valence-corrected chi connectivity index (χ1v) is 6.82. The van der Waals surface area contributed by atoms with E-state index in [2.05, 4.69) is 4.98 Å². The van der Waals surface area contributed by atoms with Gasteiger partial charge in [0.25, 0.3) is 0 Å². The van der Waals surface area contributed by atoms with Crippen LogP contribution in [0.1, 0.15) is 26.5 Å². The fourth-order valence-electron chi connectivity index (χ4n) is 2.07. The van der Waals surface area contributed by atoms with Crippen molar-refractivity contribution in [3.8, 4) is 0 Å². The van der Waals surface area contributed by atoms with Gasteiger partial charge in [0.2, 0.25) is 0 Å². The Morgan fingerprint density at radius 3 is 2.79 bits per heavy atom. The Balaban J connectivity index is 2.40. The largest absolute Gasteiger partial charge is 0.478 e. The first-order chi connectivity index (χ1) is 8.99. The minimum Gasteiger partial charge on any atom is -0.478 e. The smallest absolute Gasteiger partial charge is 0.339 e. The van der Waals surface area contributed by atoms with E-state index in [1.165, 1.54) is 4.88 Å². The molecule has 2 aromatic heterocycles. The number of aromatic carboxylic acids is 1. The summed E-state index contributed by atoms with van der Waals surface area (Å²) in [6.45, 7) is 4.34. The van der Waals surface area contributed by atoms with Crippen molar-refractivity contribution in [3.63, 3.8) is 0 Å². The maximum Gasteiger partial charge on any atom is 0.339 e. The first kappa shape index (κ1) is 13.5. The lowest BCUT2D eigenvalue weighted by molar-refractivity contribution is 0.0696. The highest BCUT2D eigenvalue weighted by Crippen LogP contribution is 2.24. The van der Waals surface area contributed by atoms with E-state index in [4.69, 9.17) is 0 Å². The summed E-state index contributed by atoms with van der Waals surface area (Å²) in [6, 6.07) is 5.82. The molecule has 0 unspecified atom stereocenters. The molecule has 4 nitrogen and oxygen atoms in total. The molecule has 0 atom stereocenters. The third kappa shape index (κ3) is 2.93. The normalized spacial score (nSPS) is 10.5. The Morgan fingerprint density at radius 2 is 2.21 bits per heavy atom. The third-order valence-electron chi connectivity index (χ3n) is 2.87. The first-order valence-electron chi connectivity index (χ1n) is 5.94. The van der Waals surface area contributed by atoms with Gasteiger partial charge in [-0.3, -0.25) is 0 Å². The van der Waals surface area contributed by atoms with Crippen LogP contribution in [-0.2, 0) is 6.54 Å². The van der Waals surface area contributed by atoms with Gasteiger partial charge in [-0.05, 0) is 36.9 Å². The van der Waals surface area contributed by atoms with Crippen LogP contribution < -0.4 is 4.90 Å². The summed E-state index contributed by atoms with van der Waals surface area (Å²) >= 11 is 1.65. The quantitative estimate of drug-likeness (QED) is 0.932. The summed E-state index contributed by atoms with van der Waals surface area (Å²) in [5.41, 5.74) is 1.85. The summed E-state index contributed by atoms with van der Waals surface area (Å²) in [4.78, 5) is 18.8. The standard InChI is InChI=1S/C14H16N2O2S/c1-9-7-10(2)15-13(12(9)14(17)18)16(3)8-11-5-4-6-19-11/h4-7H,8H2,1-3H3,(H,17,18). The van der Waals surface area contributed by atoms with Crippen LogP contribution >= 0.6 is 11.3 Å². The number of nitrogens with zero attached hydrogens (tertiary/aromatic N) is 2. The van der Waals surface area contributed by atoms with Gasteiger partial charge in [-0.2, -0.15) is 0 Å². The van der Waals surface area contributed by atoms with Crippen molar-refractivity contribution in [1.29, 1.82) is 0 Å². The Kier molecular flexibility index (Phi) is 3.85. The van der Waals surface area contributed by atoms with E-state index in [0.717, 1.165) is 11.3 Å². The minimum absolute atomic E-state index is 0.282. The molecule has 0 saturated carbocycles. The van der Waals surface area contributed by atoms with E-state index in [1.807, 2.05) is 36.4 Å². The number of carboxylic acid groups (broad SMARTS) is 1. The molecule has 0 amide bonds. The number of aryl methyl sites for hydroxylation is 2. The van der Waals surface area contributed by atoms with Gasteiger partial charge < -0.3 is 10.0 Å². The summed E-state index contributed by atoms with van der Waals surface area (Å²) in [6.07, 6.45) is 0. The molecule has 0 radical (unpaired) electrons. The molecule has 0 aromatic carbocycles.